The molecule has 3 rings (SSSR count). The average molecular weight is 296 g/mol. The first-order valence-corrected chi connectivity index (χ1v) is 7.28. The Morgan fingerprint density at radius 1 is 1.23 bits per heavy atom. The molecule has 2 aromatic heterocycles. The first kappa shape index (κ1) is 14.2. The van der Waals surface area contributed by atoms with E-state index in [0.29, 0.717) is 23.5 Å². The highest BCUT2D eigenvalue weighted by Gasteiger charge is 2.24. The minimum atomic E-state index is -0.102. The topological polar surface area (TPSA) is 107 Å². The van der Waals surface area contributed by atoms with E-state index in [1.165, 1.54) is 12.4 Å². The Morgan fingerprint density at radius 3 is 2.77 bits per heavy atom. The van der Waals surface area contributed by atoms with Crippen LogP contribution >= 0.6 is 0 Å². The van der Waals surface area contributed by atoms with Crippen molar-refractivity contribution >= 4 is 5.82 Å². The second-order valence-corrected chi connectivity index (χ2v) is 5.41. The number of nitrogens with zero attached hydrogens (tertiary/aromatic N) is 4. The predicted molar refractivity (Wildman–Crippen MR) is 80.2 cm³/mol. The van der Waals surface area contributed by atoms with Gasteiger partial charge in [0.2, 0.25) is 0 Å². The smallest absolute Gasteiger partial charge is 0.250 e. The second kappa shape index (κ2) is 6.35. The summed E-state index contributed by atoms with van der Waals surface area (Å²) in [5.41, 5.74) is 0.257. The fourth-order valence-corrected chi connectivity index (χ4v) is 2.81. The maximum atomic E-state index is 11.4. The van der Waals surface area contributed by atoms with E-state index in [0.717, 1.165) is 31.5 Å². The minimum absolute atomic E-state index is 0.102. The Kier molecular flexibility index (Phi) is 4.10. The number of anilines is 1. The molecule has 0 amide bonds. The third-order valence-corrected chi connectivity index (χ3v) is 3.94. The molecule has 0 spiro atoms. The van der Waals surface area contributed by atoms with Crippen LogP contribution < -0.4 is 10.9 Å². The number of hydrogen-bond acceptors (Lipinski definition) is 6. The Labute approximate surface area is 127 Å². The Bertz CT molecular complexity index is 742. The standard InChI is InChI=1S/C15H16N6O/c16-8-12-7-13(19-9-18-12)20-11-3-1-10(2-4-11)15-17-6-5-14(22)21-15/h5-7,9-11H,1-4H2,(H,17,21,22)(H,18,19,20). The fraction of sp³-hybridized carbons (Fsp3) is 0.400. The SMILES string of the molecule is N#Cc1cc(NC2CCC(c3nccc(=O)[nH]3)CC2)ncn1. The lowest BCUT2D eigenvalue weighted by molar-refractivity contribution is 0.399. The quantitative estimate of drug-likeness (QED) is 0.890. The summed E-state index contributed by atoms with van der Waals surface area (Å²) in [5, 5.41) is 12.2. The van der Waals surface area contributed by atoms with Gasteiger partial charge in [-0.1, -0.05) is 0 Å². The lowest BCUT2D eigenvalue weighted by atomic mass is 9.85. The molecule has 112 valence electrons. The van der Waals surface area contributed by atoms with Crippen molar-refractivity contribution < 1.29 is 0 Å². The number of rotatable bonds is 3. The second-order valence-electron chi connectivity index (χ2n) is 5.41. The summed E-state index contributed by atoms with van der Waals surface area (Å²) in [6.45, 7) is 0. The molecule has 0 radical (unpaired) electrons. The molecule has 1 aliphatic carbocycles. The van der Waals surface area contributed by atoms with Crippen molar-refractivity contribution in [1.82, 2.24) is 19.9 Å². The lowest BCUT2D eigenvalue weighted by Crippen LogP contribution is -2.27. The normalized spacial score (nSPS) is 21.0. The molecule has 1 saturated carbocycles. The molecule has 2 aromatic rings. The number of aromatic nitrogens is 4. The van der Waals surface area contributed by atoms with E-state index in [9.17, 15) is 4.79 Å². The molecule has 22 heavy (non-hydrogen) atoms. The van der Waals surface area contributed by atoms with Gasteiger partial charge in [0.25, 0.3) is 5.56 Å². The maximum absolute atomic E-state index is 11.4. The highest BCUT2D eigenvalue weighted by Crippen LogP contribution is 2.31. The molecule has 0 saturated heterocycles. The molecule has 2 N–H and O–H groups in total. The molecule has 0 unspecified atom stereocenters. The van der Waals surface area contributed by atoms with Crippen LogP contribution in [0.1, 0.15) is 43.1 Å². The summed E-state index contributed by atoms with van der Waals surface area (Å²) in [7, 11) is 0. The Morgan fingerprint density at radius 2 is 2.05 bits per heavy atom. The van der Waals surface area contributed by atoms with Gasteiger partial charge in [-0.25, -0.2) is 15.0 Å². The van der Waals surface area contributed by atoms with Crippen molar-refractivity contribution in [2.24, 2.45) is 0 Å². The van der Waals surface area contributed by atoms with E-state index in [2.05, 4.69) is 25.3 Å². The molecule has 1 aliphatic rings. The van der Waals surface area contributed by atoms with Crippen molar-refractivity contribution in [1.29, 1.82) is 5.26 Å². The van der Waals surface area contributed by atoms with Crippen molar-refractivity contribution in [2.75, 3.05) is 5.32 Å². The van der Waals surface area contributed by atoms with Gasteiger partial charge in [-0.15, -0.1) is 0 Å². The van der Waals surface area contributed by atoms with Gasteiger partial charge in [-0.3, -0.25) is 4.79 Å². The van der Waals surface area contributed by atoms with Gasteiger partial charge in [-0.05, 0) is 25.7 Å². The van der Waals surface area contributed by atoms with Crippen LogP contribution in [0.2, 0.25) is 0 Å². The Balaban J connectivity index is 1.60. The molecular formula is C15H16N6O. The summed E-state index contributed by atoms with van der Waals surface area (Å²) in [6.07, 6.45) is 6.81. The van der Waals surface area contributed by atoms with Gasteiger partial charge in [-0.2, -0.15) is 5.26 Å². The van der Waals surface area contributed by atoms with E-state index in [1.807, 2.05) is 6.07 Å². The van der Waals surface area contributed by atoms with Crippen LogP contribution in [0.5, 0.6) is 0 Å². The first-order chi connectivity index (χ1) is 10.7. The number of H-pyrrole nitrogens is 1. The van der Waals surface area contributed by atoms with Crippen LogP contribution in [0, 0.1) is 11.3 Å². The molecular weight excluding hydrogens is 280 g/mol. The fourth-order valence-electron chi connectivity index (χ4n) is 2.81. The van der Waals surface area contributed by atoms with Crippen molar-refractivity contribution in [3.8, 4) is 6.07 Å². The van der Waals surface area contributed by atoms with Crippen molar-refractivity contribution in [3.63, 3.8) is 0 Å². The Hall–Kier alpha value is -2.75. The molecule has 1 fully saturated rings. The number of nitrogens with one attached hydrogen (secondary N) is 2. The third kappa shape index (κ3) is 3.28. The van der Waals surface area contributed by atoms with Crippen LogP contribution in [0.3, 0.4) is 0 Å². The van der Waals surface area contributed by atoms with Crippen LogP contribution in [-0.4, -0.2) is 26.0 Å². The lowest BCUT2D eigenvalue weighted by Gasteiger charge is -2.28. The number of hydrogen-bond donors (Lipinski definition) is 2. The summed E-state index contributed by atoms with van der Waals surface area (Å²) < 4.78 is 0. The van der Waals surface area contributed by atoms with Gasteiger partial charge in [0.15, 0.2) is 0 Å². The first-order valence-electron chi connectivity index (χ1n) is 7.28. The van der Waals surface area contributed by atoms with Gasteiger partial charge >= 0.3 is 0 Å². The largest absolute Gasteiger partial charge is 0.367 e. The van der Waals surface area contributed by atoms with Crippen molar-refractivity contribution in [2.45, 2.75) is 37.6 Å². The summed E-state index contributed by atoms with van der Waals surface area (Å²) in [6, 6.07) is 5.40. The minimum Gasteiger partial charge on any atom is -0.367 e. The zero-order valence-electron chi connectivity index (χ0n) is 12.0. The van der Waals surface area contributed by atoms with Gasteiger partial charge in [0.05, 0.1) is 0 Å². The molecule has 0 atom stereocenters. The summed E-state index contributed by atoms with van der Waals surface area (Å²) in [4.78, 5) is 26.4. The zero-order valence-corrected chi connectivity index (χ0v) is 12.0. The molecule has 2 heterocycles. The van der Waals surface area contributed by atoms with E-state index < -0.39 is 0 Å². The average Bonchev–Trinajstić information content (AvgIpc) is 2.56. The monoisotopic (exact) mass is 296 g/mol. The van der Waals surface area contributed by atoms with Crippen LogP contribution in [0.15, 0.2) is 29.5 Å². The molecule has 0 bridgehead atoms. The van der Waals surface area contributed by atoms with Gasteiger partial charge < -0.3 is 10.3 Å². The molecule has 0 aromatic carbocycles. The van der Waals surface area contributed by atoms with Crippen molar-refractivity contribution in [3.05, 3.63) is 46.5 Å². The van der Waals surface area contributed by atoms with E-state index in [1.54, 1.807) is 12.3 Å². The third-order valence-electron chi connectivity index (χ3n) is 3.94. The predicted octanol–water partition coefficient (Wildman–Crippen LogP) is 1.57. The van der Waals surface area contributed by atoms with Crippen LogP contribution in [0.4, 0.5) is 5.82 Å². The van der Waals surface area contributed by atoms with Gasteiger partial charge in [0, 0.05) is 30.3 Å². The van der Waals surface area contributed by atoms with E-state index >= 15 is 0 Å². The highest BCUT2D eigenvalue weighted by molar-refractivity contribution is 5.39. The molecule has 7 heteroatoms. The zero-order chi connectivity index (χ0) is 15.4. The molecule has 0 aliphatic heterocycles. The maximum Gasteiger partial charge on any atom is 0.250 e. The van der Waals surface area contributed by atoms with E-state index in [4.69, 9.17) is 5.26 Å². The van der Waals surface area contributed by atoms with Crippen LogP contribution in [-0.2, 0) is 0 Å². The van der Waals surface area contributed by atoms with Gasteiger partial charge in [0.1, 0.15) is 29.7 Å². The number of aromatic amines is 1. The number of nitriles is 1. The summed E-state index contributed by atoms with van der Waals surface area (Å²) in [5.74, 6) is 1.76. The molecule has 7 nitrogen and oxygen atoms in total. The highest BCUT2D eigenvalue weighted by atomic mass is 16.1. The summed E-state index contributed by atoms with van der Waals surface area (Å²) >= 11 is 0. The van der Waals surface area contributed by atoms with Crippen LogP contribution in [0.25, 0.3) is 0 Å². The van der Waals surface area contributed by atoms with E-state index in [-0.39, 0.29) is 5.56 Å².